The highest BCUT2D eigenvalue weighted by Crippen LogP contribution is 2.21. The van der Waals surface area contributed by atoms with Crippen LogP contribution in [0.4, 0.5) is 11.4 Å². The molecule has 0 bridgehead atoms. The van der Waals surface area contributed by atoms with Crippen LogP contribution in [0.1, 0.15) is 66.7 Å². The Bertz CT molecular complexity index is 1050. The Labute approximate surface area is 206 Å². The van der Waals surface area contributed by atoms with Gasteiger partial charge in [0.1, 0.15) is 0 Å². The Morgan fingerprint density at radius 1 is 0.914 bits per heavy atom. The number of anilines is 2. The number of carbonyl (C=O) groups is 4. The standard InChI is InChI=1S/C27H34N4O4/c1-3-5-15-28-27(35)22-9-7-8-10-23(22)30-25(33)19-11-13-21(14-12-19)29-26(34)20-17-24(32)31(18-20)16-6-4-2/h7-14,20H,3-6,15-18H2,1-2H3,(H,28,35)(H,29,34)(H,30,33)/t20-/m0/s1. The smallest absolute Gasteiger partial charge is 0.255 e. The van der Waals surface area contributed by atoms with Crippen LogP contribution in [0.5, 0.6) is 0 Å². The van der Waals surface area contributed by atoms with Crippen LogP contribution in [0.25, 0.3) is 0 Å². The third-order valence-corrected chi connectivity index (χ3v) is 6.02. The lowest BCUT2D eigenvalue weighted by molar-refractivity contribution is -0.128. The van der Waals surface area contributed by atoms with Gasteiger partial charge in [-0.15, -0.1) is 0 Å². The first-order valence-electron chi connectivity index (χ1n) is 12.3. The van der Waals surface area contributed by atoms with Crippen molar-refractivity contribution < 1.29 is 19.2 Å². The van der Waals surface area contributed by atoms with Crippen molar-refractivity contribution in [2.75, 3.05) is 30.3 Å². The first-order chi connectivity index (χ1) is 16.9. The summed E-state index contributed by atoms with van der Waals surface area (Å²) >= 11 is 0. The molecule has 0 unspecified atom stereocenters. The molecule has 8 nitrogen and oxygen atoms in total. The number of unbranched alkanes of at least 4 members (excludes halogenated alkanes) is 2. The molecule has 1 atom stereocenters. The van der Waals surface area contributed by atoms with Gasteiger partial charge in [0.25, 0.3) is 11.8 Å². The molecule has 1 fully saturated rings. The van der Waals surface area contributed by atoms with Crippen LogP contribution in [0.2, 0.25) is 0 Å². The van der Waals surface area contributed by atoms with E-state index in [1.165, 1.54) is 0 Å². The number of nitrogens with one attached hydrogen (secondary N) is 3. The third kappa shape index (κ3) is 7.15. The van der Waals surface area contributed by atoms with E-state index in [0.29, 0.717) is 42.1 Å². The number of hydrogen-bond acceptors (Lipinski definition) is 4. The van der Waals surface area contributed by atoms with Gasteiger partial charge in [-0.3, -0.25) is 19.2 Å². The van der Waals surface area contributed by atoms with Gasteiger partial charge in [-0.2, -0.15) is 0 Å². The average molecular weight is 479 g/mol. The van der Waals surface area contributed by atoms with Crippen molar-refractivity contribution in [2.24, 2.45) is 5.92 Å². The van der Waals surface area contributed by atoms with Gasteiger partial charge in [0.15, 0.2) is 0 Å². The highest BCUT2D eigenvalue weighted by atomic mass is 16.2. The molecule has 1 aliphatic heterocycles. The van der Waals surface area contributed by atoms with E-state index in [0.717, 1.165) is 25.7 Å². The molecule has 0 aliphatic carbocycles. The molecule has 1 aliphatic rings. The molecule has 1 heterocycles. The fourth-order valence-electron chi connectivity index (χ4n) is 3.92. The second-order valence-electron chi connectivity index (χ2n) is 8.77. The van der Waals surface area contributed by atoms with Gasteiger partial charge in [-0.25, -0.2) is 0 Å². The normalized spacial score (nSPS) is 15.1. The molecule has 1 saturated heterocycles. The number of amides is 4. The topological polar surface area (TPSA) is 108 Å². The summed E-state index contributed by atoms with van der Waals surface area (Å²) < 4.78 is 0. The maximum absolute atomic E-state index is 12.8. The molecule has 0 aromatic heterocycles. The fraction of sp³-hybridized carbons (Fsp3) is 0.407. The first-order valence-corrected chi connectivity index (χ1v) is 12.3. The minimum absolute atomic E-state index is 0.0185. The molecule has 8 heteroatoms. The van der Waals surface area contributed by atoms with E-state index in [1.54, 1.807) is 53.4 Å². The molecule has 4 amide bonds. The molecular formula is C27H34N4O4. The van der Waals surface area contributed by atoms with E-state index in [-0.39, 0.29) is 36.0 Å². The monoisotopic (exact) mass is 478 g/mol. The van der Waals surface area contributed by atoms with Crippen LogP contribution in [0, 0.1) is 5.92 Å². The van der Waals surface area contributed by atoms with E-state index in [1.807, 2.05) is 0 Å². The third-order valence-electron chi connectivity index (χ3n) is 6.02. The zero-order valence-electron chi connectivity index (χ0n) is 20.4. The van der Waals surface area contributed by atoms with E-state index in [2.05, 4.69) is 29.8 Å². The number of para-hydroxylation sites is 1. The maximum Gasteiger partial charge on any atom is 0.255 e. The fourth-order valence-corrected chi connectivity index (χ4v) is 3.92. The minimum Gasteiger partial charge on any atom is -0.352 e. The zero-order chi connectivity index (χ0) is 25.2. The highest BCUT2D eigenvalue weighted by Gasteiger charge is 2.33. The van der Waals surface area contributed by atoms with Crippen molar-refractivity contribution in [1.29, 1.82) is 0 Å². The number of nitrogens with zero attached hydrogens (tertiary/aromatic N) is 1. The second-order valence-corrected chi connectivity index (χ2v) is 8.77. The molecular weight excluding hydrogens is 444 g/mol. The molecule has 3 rings (SSSR count). The van der Waals surface area contributed by atoms with Gasteiger partial charge >= 0.3 is 0 Å². The Hall–Kier alpha value is -3.68. The van der Waals surface area contributed by atoms with Crippen molar-refractivity contribution >= 4 is 35.0 Å². The number of benzene rings is 2. The van der Waals surface area contributed by atoms with E-state index >= 15 is 0 Å². The molecule has 2 aromatic carbocycles. The largest absolute Gasteiger partial charge is 0.352 e. The van der Waals surface area contributed by atoms with Gasteiger partial charge < -0.3 is 20.9 Å². The van der Waals surface area contributed by atoms with Crippen LogP contribution in [-0.2, 0) is 9.59 Å². The summed E-state index contributed by atoms with van der Waals surface area (Å²) in [7, 11) is 0. The summed E-state index contributed by atoms with van der Waals surface area (Å²) in [6, 6.07) is 13.4. The van der Waals surface area contributed by atoms with Crippen LogP contribution >= 0.6 is 0 Å². The first kappa shape index (κ1) is 25.9. The molecule has 35 heavy (non-hydrogen) atoms. The molecule has 0 radical (unpaired) electrons. The van der Waals surface area contributed by atoms with Crippen molar-refractivity contribution in [3.63, 3.8) is 0 Å². The van der Waals surface area contributed by atoms with Crippen LogP contribution < -0.4 is 16.0 Å². The highest BCUT2D eigenvalue weighted by molar-refractivity contribution is 6.09. The summed E-state index contributed by atoms with van der Waals surface area (Å²) in [5.74, 6) is -1.14. The summed E-state index contributed by atoms with van der Waals surface area (Å²) in [6.07, 6.45) is 4.01. The van der Waals surface area contributed by atoms with Crippen molar-refractivity contribution in [3.8, 4) is 0 Å². The Kier molecular flexibility index (Phi) is 9.40. The Morgan fingerprint density at radius 3 is 2.34 bits per heavy atom. The lowest BCUT2D eigenvalue weighted by Crippen LogP contribution is -2.29. The van der Waals surface area contributed by atoms with Crippen molar-refractivity contribution in [2.45, 2.75) is 46.0 Å². The van der Waals surface area contributed by atoms with Crippen LogP contribution in [-0.4, -0.2) is 48.2 Å². The quantitative estimate of drug-likeness (QED) is 0.423. The number of hydrogen-bond donors (Lipinski definition) is 3. The second kappa shape index (κ2) is 12.7. The van der Waals surface area contributed by atoms with Gasteiger partial charge in [-0.05, 0) is 49.2 Å². The summed E-state index contributed by atoms with van der Waals surface area (Å²) in [4.78, 5) is 51.8. The summed E-state index contributed by atoms with van der Waals surface area (Å²) in [5, 5.41) is 8.51. The molecule has 186 valence electrons. The Balaban J connectivity index is 1.58. The van der Waals surface area contributed by atoms with Crippen molar-refractivity contribution in [3.05, 3.63) is 59.7 Å². The van der Waals surface area contributed by atoms with Gasteiger partial charge in [0.05, 0.1) is 17.2 Å². The summed E-state index contributed by atoms with van der Waals surface area (Å²) in [6.45, 7) is 5.83. The van der Waals surface area contributed by atoms with E-state index in [4.69, 9.17) is 0 Å². The molecule has 3 N–H and O–H groups in total. The van der Waals surface area contributed by atoms with Crippen LogP contribution in [0.15, 0.2) is 48.5 Å². The van der Waals surface area contributed by atoms with E-state index in [9.17, 15) is 19.2 Å². The SMILES string of the molecule is CCCCNC(=O)c1ccccc1NC(=O)c1ccc(NC(=O)[C@H]2CC(=O)N(CCCC)C2)cc1. The lowest BCUT2D eigenvalue weighted by Gasteiger charge is -2.16. The number of carbonyl (C=O) groups excluding carboxylic acids is 4. The average Bonchev–Trinajstić information content (AvgIpc) is 3.24. The van der Waals surface area contributed by atoms with Gasteiger partial charge in [0.2, 0.25) is 11.8 Å². The molecule has 0 saturated carbocycles. The maximum atomic E-state index is 12.8. The van der Waals surface area contributed by atoms with Gasteiger partial charge in [-0.1, -0.05) is 38.8 Å². The van der Waals surface area contributed by atoms with E-state index < -0.39 is 0 Å². The van der Waals surface area contributed by atoms with Gasteiger partial charge in [0, 0.05) is 37.3 Å². The molecule has 0 spiro atoms. The predicted molar refractivity (Wildman–Crippen MR) is 136 cm³/mol. The zero-order valence-corrected chi connectivity index (χ0v) is 20.4. The molecule has 2 aromatic rings. The Morgan fingerprint density at radius 2 is 1.63 bits per heavy atom. The number of likely N-dealkylation sites (tertiary alicyclic amines) is 1. The lowest BCUT2D eigenvalue weighted by atomic mass is 10.1. The number of rotatable bonds is 11. The predicted octanol–water partition coefficient (Wildman–Crippen LogP) is 4.06. The van der Waals surface area contributed by atoms with Crippen molar-refractivity contribution in [1.82, 2.24) is 10.2 Å². The minimum atomic E-state index is -0.373. The van der Waals surface area contributed by atoms with Crippen LogP contribution in [0.3, 0.4) is 0 Å². The summed E-state index contributed by atoms with van der Waals surface area (Å²) in [5.41, 5.74) is 1.79.